The molecule has 0 radical (unpaired) electrons. The first-order valence-corrected chi connectivity index (χ1v) is 9.15. The van der Waals surface area contributed by atoms with Crippen LogP contribution in [-0.4, -0.2) is 16.0 Å². The van der Waals surface area contributed by atoms with Crippen LogP contribution in [0, 0.1) is 6.92 Å². The number of hydrogen-bond acceptors (Lipinski definition) is 6. The van der Waals surface area contributed by atoms with Crippen LogP contribution in [0.15, 0.2) is 28.1 Å². The number of anilines is 1. The minimum Gasteiger partial charge on any atom is -0.355 e. The summed E-state index contributed by atoms with van der Waals surface area (Å²) in [5.41, 5.74) is 1.64. The Balaban J connectivity index is 1.92. The molecule has 5 nitrogen and oxygen atoms in total. The fourth-order valence-corrected chi connectivity index (χ4v) is 3.84. The number of thiazole rings is 1. The number of unbranched alkanes of at least 4 members (excludes halogenated alkanes) is 1. The van der Waals surface area contributed by atoms with Crippen LogP contribution in [-0.2, 0) is 4.79 Å². The molecule has 3 heterocycles. The lowest BCUT2D eigenvalue weighted by molar-refractivity contribution is -0.116. The second-order valence-electron chi connectivity index (χ2n) is 5.16. The number of hydrogen-bond donors (Lipinski definition) is 1. The van der Waals surface area contributed by atoms with Crippen LogP contribution < -0.4 is 5.32 Å². The van der Waals surface area contributed by atoms with Gasteiger partial charge in [-0.3, -0.25) is 4.79 Å². The zero-order chi connectivity index (χ0) is 16.2. The van der Waals surface area contributed by atoms with Crippen LogP contribution in [0.2, 0.25) is 0 Å². The molecule has 1 N–H and O–H groups in total. The maximum atomic E-state index is 11.9. The molecule has 0 aromatic carbocycles. The molecule has 0 spiro atoms. The summed E-state index contributed by atoms with van der Waals surface area (Å²) in [6, 6.07) is 5.87. The predicted molar refractivity (Wildman–Crippen MR) is 93.8 cm³/mol. The van der Waals surface area contributed by atoms with Gasteiger partial charge in [-0.1, -0.05) is 35.9 Å². The van der Waals surface area contributed by atoms with Gasteiger partial charge in [-0.15, -0.1) is 11.3 Å². The summed E-state index contributed by atoms with van der Waals surface area (Å²) in [5.74, 6) is 0.677. The van der Waals surface area contributed by atoms with Crippen LogP contribution in [0.4, 0.5) is 5.13 Å². The Morgan fingerprint density at radius 3 is 2.96 bits per heavy atom. The fourth-order valence-electron chi connectivity index (χ4n) is 2.11. The molecule has 0 fully saturated rings. The Morgan fingerprint density at radius 2 is 2.30 bits per heavy atom. The highest BCUT2D eigenvalue weighted by Gasteiger charge is 2.19. The maximum absolute atomic E-state index is 11.9. The number of thiophene rings is 1. The summed E-state index contributed by atoms with van der Waals surface area (Å²) in [6.45, 7) is 3.95. The van der Waals surface area contributed by atoms with Crippen molar-refractivity contribution >= 4 is 33.7 Å². The predicted octanol–water partition coefficient (Wildman–Crippen LogP) is 4.96. The van der Waals surface area contributed by atoms with E-state index in [2.05, 4.69) is 22.4 Å². The number of carbonyl (C=O) groups is 1. The molecule has 0 unspecified atom stereocenters. The minimum absolute atomic E-state index is 0.00127. The molecule has 3 aromatic rings. The molecule has 0 saturated carbocycles. The Hall–Kier alpha value is -1.99. The van der Waals surface area contributed by atoms with E-state index in [0.717, 1.165) is 34.0 Å². The summed E-state index contributed by atoms with van der Waals surface area (Å²) in [6.07, 6.45) is 2.39. The molecule has 0 aliphatic heterocycles. The van der Waals surface area contributed by atoms with E-state index in [-0.39, 0.29) is 5.91 Å². The molecular weight excluding hydrogens is 330 g/mol. The zero-order valence-electron chi connectivity index (χ0n) is 13.0. The van der Waals surface area contributed by atoms with Crippen molar-refractivity contribution in [2.45, 2.75) is 33.1 Å². The number of carbonyl (C=O) groups excluding carboxylic acids is 1. The average Bonchev–Trinajstić information content (AvgIpc) is 3.24. The monoisotopic (exact) mass is 347 g/mol. The highest BCUT2D eigenvalue weighted by Crippen LogP contribution is 2.40. The van der Waals surface area contributed by atoms with Crippen LogP contribution in [0.3, 0.4) is 0 Å². The van der Waals surface area contributed by atoms with Crippen molar-refractivity contribution in [1.82, 2.24) is 10.1 Å². The number of aryl methyl sites for hydroxylation is 1. The molecule has 0 aliphatic carbocycles. The molecule has 7 heteroatoms. The highest BCUT2D eigenvalue weighted by molar-refractivity contribution is 7.20. The van der Waals surface area contributed by atoms with Gasteiger partial charge in [0, 0.05) is 12.5 Å². The summed E-state index contributed by atoms with van der Waals surface area (Å²) in [7, 11) is 0. The third kappa shape index (κ3) is 3.68. The summed E-state index contributed by atoms with van der Waals surface area (Å²) in [4.78, 5) is 18.5. The van der Waals surface area contributed by atoms with E-state index in [1.165, 1.54) is 11.3 Å². The standard InChI is InChI=1S/C16H17N3O2S2/c1-3-4-7-13(20)17-16-18-14(12-6-5-8-22-12)15(23-16)11-9-10(2)19-21-11/h5-6,8-9H,3-4,7H2,1-2H3,(H,17,18,20). The first kappa shape index (κ1) is 15.9. The van der Waals surface area contributed by atoms with Gasteiger partial charge in [-0.05, 0) is 24.8 Å². The van der Waals surface area contributed by atoms with Crippen molar-refractivity contribution in [1.29, 1.82) is 0 Å². The molecule has 0 aliphatic rings. The van der Waals surface area contributed by atoms with Crippen LogP contribution in [0.25, 0.3) is 21.2 Å². The van der Waals surface area contributed by atoms with Crippen molar-refractivity contribution in [3.05, 3.63) is 29.3 Å². The molecule has 1 amide bonds. The van der Waals surface area contributed by atoms with E-state index in [1.807, 2.05) is 30.5 Å². The lowest BCUT2D eigenvalue weighted by atomic mass is 10.2. The van der Waals surface area contributed by atoms with Crippen molar-refractivity contribution in [2.75, 3.05) is 5.32 Å². The average molecular weight is 347 g/mol. The molecule has 23 heavy (non-hydrogen) atoms. The summed E-state index contributed by atoms with van der Waals surface area (Å²) >= 11 is 3.02. The van der Waals surface area contributed by atoms with E-state index >= 15 is 0 Å². The van der Waals surface area contributed by atoms with Crippen LogP contribution in [0.1, 0.15) is 31.9 Å². The Morgan fingerprint density at radius 1 is 1.43 bits per heavy atom. The molecular formula is C16H17N3O2S2. The molecule has 0 saturated heterocycles. The van der Waals surface area contributed by atoms with Crippen molar-refractivity contribution in [3.8, 4) is 21.2 Å². The van der Waals surface area contributed by atoms with E-state index in [4.69, 9.17) is 4.52 Å². The number of rotatable bonds is 6. The largest absolute Gasteiger partial charge is 0.355 e. The molecule has 0 bridgehead atoms. The number of aromatic nitrogens is 2. The third-order valence-corrected chi connectivity index (χ3v) is 5.10. The fraction of sp³-hybridized carbons (Fsp3) is 0.312. The lowest BCUT2D eigenvalue weighted by Crippen LogP contribution is -2.10. The first-order chi connectivity index (χ1) is 11.2. The molecule has 0 atom stereocenters. The molecule has 3 rings (SSSR count). The maximum Gasteiger partial charge on any atom is 0.226 e. The second-order valence-corrected chi connectivity index (χ2v) is 7.11. The number of amides is 1. The second kappa shape index (κ2) is 7.06. The Bertz CT molecular complexity index is 790. The van der Waals surface area contributed by atoms with Crippen molar-refractivity contribution in [2.24, 2.45) is 0 Å². The van der Waals surface area contributed by atoms with Gasteiger partial charge < -0.3 is 9.84 Å². The lowest BCUT2D eigenvalue weighted by Gasteiger charge is -1.99. The molecule has 120 valence electrons. The smallest absolute Gasteiger partial charge is 0.226 e. The van der Waals surface area contributed by atoms with E-state index < -0.39 is 0 Å². The first-order valence-electron chi connectivity index (χ1n) is 7.45. The number of nitrogens with one attached hydrogen (secondary N) is 1. The van der Waals surface area contributed by atoms with Gasteiger partial charge in [0.25, 0.3) is 0 Å². The van der Waals surface area contributed by atoms with Gasteiger partial charge >= 0.3 is 0 Å². The topological polar surface area (TPSA) is 68.0 Å². The van der Waals surface area contributed by atoms with E-state index in [0.29, 0.717) is 17.3 Å². The quantitative estimate of drug-likeness (QED) is 0.684. The van der Waals surface area contributed by atoms with Gasteiger partial charge in [0.2, 0.25) is 5.91 Å². The van der Waals surface area contributed by atoms with Crippen molar-refractivity contribution in [3.63, 3.8) is 0 Å². The Kier molecular flexibility index (Phi) is 4.88. The number of nitrogens with zero attached hydrogens (tertiary/aromatic N) is 2. The van der Waals surface area contributed by atoms with E-state index in [1.54, 1.807) is 11.3 Å². The van der Waals surface area contributed by atoms with Gasteiger partial charge in [0.05, 0.1) is 10.6 Å². The van der Waals surface area contributed by atoms with E-state index in [9.17, 15) is 4.79 Å². The van der Waals surface area contributed by atoms with Gasteiger partial charge in [0.15, 0.2) is 10.9 Å². The third-order valence-electron chi connectivity index (χ3n) is 3.24. The SMILES string of the molecule is CCCCC(=O)Nc1nc(-c2cccs2)c(-c2cc(C)no2)s1. The highest BCUT2D eigenvalue weighted by atomic mass is 32.1. The van der Waals surface area contributed by atoms with Crippen LogP contribution in [0.5, 0.6) is 0 Å². The normalized spacial score (nSPS) is 10.9. The summed E-state index contributed by atoms with van der Waals surface area (Å²) < 4.78 is 5.38. The van der Waals surface area contributed by atoms with Crippen molar-refractivity contribution < 1.29 is 9.32 Å². The zero-order valence-corrected chi connectivity index (χ0v) is 14.6. The van der Waals surface area contributed by atoms with Crippen LogP contribution >= 0.6 is 22.7 Å². The van der Waals surface area contributed by atoms with Gasteiger partial charge in [-0.25, -0.2) is 4.98 Å². The van der Waals surface area contributed by atoms with Gasteiger partial charge in [-0.2, -0.15) is 0 Å². The minimum atomic E-state index is -0.00127. The summed E-state index contributed by atoms with van der Waals surface area (Å²) in [5, 5.41) is 9.43. The molecule has 3 aromatic heterocycles. The van der Waals surface area contributed by atoms with Gasteiger partial charge in [0.1, 0.15) is 10.6 Å². The Labute approximate surface area is 142 Å².